The first-order valence-corrected chi connectivity index (χ1v) is 9.38. The Kier molecular flexibility index (Phi) is 5.41. The normalized spacial score (nSPS) is 17.1. The van der Waals surface area contributed by atoms with Crippen molar-refractivity contribution in [2.75, 3.05) is 13.1 Å². The summed E-state index contributed by atoms with van der Waals surface area (Å²) in [5.74, 6) is -0.183. The quantitative estimate of drug-likeness (QED) is 0.884. The summed E-state index contributed by atoms with van der Waals surface area (Å²) in [6.07, 6.45) is 3.79. The molecule has 3 rings (SSSR count). The molecule has 1 unspecified atom stereocenters. The molecular weight excluding hydrogens is 326 g/mol. The van der Waals surface area contributed by atoms with Crippen molar-refractivity contribution in [3.63, 3.8) is 0 Å². The van der Waals surface area contributed by atoms with Crippen molar-refractivity contribution in [3.8, 4) is 0 Å². The van der Waals surface area contributed by atoms with Crippen LogP contribution in [0.15, 0.2) is 30.5 Å². The van der Waals surface area contributed by atoms with Gasteiger partial charge in [-0.3, -0.25) is 4.79 Å². The smallest absolute Gasteiger partial charge is 0.273 e. The fourth-order valence-corrected chi connectivity index (χ4v) is 3.26. The molecule has 26 heavy (non-hydrogen) atoms. The Hall–Kier alpha value is -2.21. The summed E-state index contributed by atoms with van der Waals surface area (Å²) in [5.41, 5.74) is 2.86. The van der Waals surface area contributed by atoms with Crippen molar-refractivity contribution in [3.05, 3.63) is 47.3 Å². The van der Waals surface area contributed by atoms with E-state index in [0.29, 0.717) is 11.7 Å². The van der Waals surface area contributed by atoms with Gasteiger partial charge in [0.25, 0.3) is 5.91 Å². The molecule has 1 saturated heterocycles. The number of carbonyl (C=O) groups excluding carboxylic acids is 1. The maximum absolute atomic E-state index is 12.5. The molecule has 0 aliphatic carbocycles. The molecule has 2 heterocycles. The standard InChI is InChI=1S/C20H29N5O/c1-14(15-5-7-16(8-6-15)20(2,3)4)22-19(26)18-13-25(24-23-18)17-9-11-21-12-10-17/h5-8,13-14,17,21H,9-12H2,1-4H3,(H,22,26). The van der Waals surface area contributed by atoms with Crippen molar-refractivity contribution in [1.29, 1.82) is 0 Å². The zero-order valence-corrected chi connectivity index (χ0v) is 16.1. The maximum atomic E-state index is 12.5. The van der Waals surface area contributed by atoms with Crippen molar-refractivity contribution in [1.82, 2.24) is 25.6 Å². The Labute approximate surface area is 155 Å². The molecular formula is C20H29N5O. The van der Waals surface area contributed by atoms with E-state index < -0.39 is 0 Å². The van der Waals surface area contributed by atoms with E-state index in [1.165, 1.54) is 5.56 Å². The fourth-order valence-electron chi connectivity index (χ4n) is 3.26. The topological polar surface area (TPSA) is 71.8 Å². The molecule has 0 saturated carbocycles. The highest BCUT2D eigenvalue weighted by atomic mass is 16.2. The van der Waals surface area contributed by atoms with E-state index in [0.717, 1.165) is 31.5 Å². The first kappa shape index (κ1) is 18.6. The number of amides is 1. The highest BCUT2D eigenvalue weighted by Crippen LogP contribution is 2.24. The second-order valence-electron chi connectivity index (χ2n) is 8.13. The summed E-state index contributed by atoms with van der Waals surface area (Å²) in [7, 11) is 0. The van der Waals surface area contributed by atoms with Crippen LogP contribution in [0.5, 0.6) is 0 Å². The molecule has 6 nitrogen and oxygen atoms in total. The van der Waals surface area contributed by atoms with Crippen LogP contribution in [-0.4, -0.2) is 34.0 Å². The molecule has 1 aromatic carbocycles. The van der Waals surface area contributed by atoms with Crippen molar-refractivity contribution in [2.24, 2.45) is 0 Å². The number of aromatic nitrogens is 3. The highest BCUT2D eigenvalue weighted by molar-refractivity contribution is 5.92. The zero-order chi connectivity index (χ0) is 18.7. The molecule has 1 fully saturated rings. The van der Waals surface area contributed by atoms with Crippen LogP contribution in [0.4, 0.5) is 0 Å². The third kappa shape index (κ3) is 4.30. The van der Waals surface area contributed by atoms with Gasteiger partial charge in [0, 0.05) is 0 Å². The van der Waals surface area contributed by atoms with Crippen LogP contribution >= 0.6 is 0 Å². The average molecular weight is 355 g/mol. The number of nitrogens with zero attached hydrogens (tertiary/aromatic N) is 3. The van der Waals surface area contributed by atoms with E-state index in [9.17, 15) is 4.79 Å². The van der Waals surface area contributed by atoms with Crippen molar-refractivity contribution < 1.29 is 4.79 Å². The van der Waals surface area contributed by atoms with Gasteiger partial charge in [0.15, 0.2) is 5.69 Å². The van der Waals surface area contributed by atoms with Crippen LogP contribution in [0.2, 0.25) is 0 Å². The van der Waals surface area contributed by atoms with Gasteiger partial charge < -0.3 is 10.6 Å². The van der Waals surface area contributed by atoms with Crippen LogP contribution in [-0.2, 0) is 5.41 Å². The lowest BCUT2D eigenvalue weighted by atomic mass is 9.86. The minimum atomic E-state index is -0.183. The molecule has 1 amide bonds. The molecule has 6 heteroatoms. The first-order valence-electron chi connectivity index (χ1n) is 9.38. The largest absolute Gasteiger partial charge is 0.344 e. The van der Waals surface area contributed by atoms with Gasteiger partial charge in [0.2, 0.25) is 0 Å². The number of rotatable bonds is 4. The molecule has 0 bridgehead atoms. The second kappa shape index (κ2) is 7.58. The molecule has 2 aromatic rings. The molecule has 140 valence electrons. The van der Waals surface area contributed by atoms with Crippen LogP contribution in [0.25, 0.3) is 0 Å². The monoisotopic (exact) mass is 355 g/mol. The van der Waals surface area contributed by atoms with Gasteiger partial charge in [-0.1, -0.05) is 50.3 Å². The van der Waals surface area contributed by atoms with Crippen molar-refractivity contribution in [2.45, 2.75) is 58.0 Å². The van der Waals surface area contributed by atoms with Crippen LogP contribution in [0.1, 0.15) is 74.2 Å². The van der Waals surface area contributed by atoms with Gasteiger partial charge in [0.1, 0.15) is 0 Å². The SMILES string of the molecule is CC(NC(=O)c1cn(C2CCNCC2)nn1)c1ccc(C(C)(C)C)cc1. The van der Waals surface area contributed by atoms with Gasteiger partial charge >= 0.3 is 0 Å². The Morgan fingerprint density at radius 3 is 2.50 bits per heavy atom. The Balaban J connectivity index is 1.63. The average Bonchev–Trinajstić information content (AvgIpc) is 3.12. The lowest BCUT2D eigenvalue weighted by molar-refractivity contribution is 0.0934. The van der Waals surface area contributed by atoms with Gasteiger partial charge in [0.05, 0.1) is 18.3 Å². The molecule has 1 atom stereocenters. The Morgan fingerprint density at radius 2 is 1.88 bits per heavy atom. The third-order valence-electron chi connectivity index (χ3n) is 5.05. The van der Waals surface area contributed by atoms with Gasteiger partial charge in [-0.15, -0.1) is 5.10 Å². The summed E-state index contributed by atoms with van der Waals surface area (Å²) in [5, 5.41) is 14.6. The summed E-state index contributed by atoms with van der Waals surface area (Å²) in [4.78, 5) is 12.5. The van der Waals surface area contributed by atoms with E-state index in [1.54, 1.807) is 6.20 Å². The minimum absolute atomic E-state index is 0.0828. The van der Waals surface area contributed by atoms with E-state index in [1.807, 2.05) is 11.6 Å². The van der Waals surface area contributed by atoms with Gasteiger partial charge in [-0.25, -0.2) is 4.68 Å². The van der Waals surface area contributed by atoms with Gasteiger partial charge in [-0.05, 0) is 49.4 Å². The third-order valence-corrected chi connectivity index (χ3v) is 5.05. The van der Waals surface area contributed by atoms with Crippen LogP contribution in [0.3, 0.4) is 0 Å². The minimum Gasteiger partial charge on any atom is -0.344 e. The number of hydrogen-bond acceptors (Lipinski definition) is 4. The molecule has 2 N–H and O–H groups in total. The number of benzene rings is 1. The molecule has 1 aromatic heterocycles. The predicted octanol–water partition coefficient (Wildman–Crippen LogP) is 2.99. The van der Waals surface area contributed by atoms with Gasteiger partial charge in [-0.2, -0.15) is 0 Å². The lowest BCUT2D eigenvalue weighted by Gasteiger charge is -2.22. The van der Waals surface area contributed by atoms with E-state index in [-0.39, 0.29) is 17.4 Å². The van der Waals surface area contributed by atoms with Crippen LogP contribution < -0.4 is 10.6 Å². The Bertz CT molecular complexity index is 738. The molecule has 0 spiro atoms. The van der Waals surface area contributed by atoms with E-state index in [4.69, 9.17) is 0 Å². The van der Waals surface area contributed by atoms with E-state index in [2.05, 4.69) is 66.0 Å². The predicted molar refractivity (Wildman–Crippen MR) is 102 cm³/mol. The number of piperidine rings is 1. The summed E-state index contributed by atoms with van der Waals surface area (Å²) in [6, 6.07) is 8.67. The molecule has 0 radical (unpaired) electrons. The number of nitrogens with one attached hydrogen (secondary N) is 2. The second-order valence-corrected chi connectivity index (χ2v) is 8.13. The summed E-state index contributed by atoms with van der Waals surface area (Å²) >= 11 is 0. The fraction of sp³-hybridized carbons (Fsp3) is 0.550. The molecule has 1 aliphatic rings. The first-order chi connectivity index (χ1) is 12.3. The summed E-state index contributed by atoms with van der Waals surface area (Å²) in [6.45, 7) is 10.5. The number of hydrogen-bond donors (Lipinski definition) is 2. The van der Waals surface area contributed by atoms with Crippen LogP contribution in [0, 0.1) is 0 Å². The lowest BCUT2D eigenvalue weighted by Crippen LogP contribution is -2.29. The number of carbonyl (C=O) groups is 1. The van der Waals surface area contributed by atoms with Crippen molar-refractivity contribution >= 4 is 5.91 Å². The molecule has 1 aliphatic heterocycles. The highest BCUT2D eigenvalue weighted by Gasteiger charge is 2.20. The zero-order valence-electron chi connectivity index (χ0n) is 16.1. The van der Waals surface area contributed by atoms with E-state index >= 15 is 0 Å². The Morgan fingerprint density at radius 1 is 1.23 bits per heavy atom. The maximum Gasteiger partial charge on any atom is 0.273 e. The summed E-state index contributed by atoms with van der Waals surface area (Å²) < 4.78 is 1.83.